The summed E-state index contributed by atoms with van der Waals surface area (Å²) in [6, 6.07) is 15.8. The third kappa shape index (κ3) is 3.94. The standard InChI is InChI=1S/C18H20BrNO/c1-12(2)17(14-7-5-4-6-8-14)20-18(21)15-9-10-16(19)13(3)11-15/h4-12,17H,1-3H3,(H,20,21). The average Bonchev–Trinajstić information content (AvgIpc) is 2.48. The lowest BCUT2D eigenvalue weighted by Gasteiger charge is -2.23. The summed E-state index contributed by atoms with van der Waals surface area (Å²) in [6.45, 7) is 6.22. The summed E-state index contributed by atoms with van der Waals surface area (Å²) in [4.78, 5) is 12.5. The molecular formula is C18H20BrNO. The zero-order chi connectivity index (χ0) is 15.4. The van der Waals surface area contributed by atoms with Gasteiger partial charge in [-0.15, -0.1) is 0 Å². The van der Waals surface area contributed by atoms with E-state index in [1.165, 1.54) is 0 Å². The molecule has 2 rings (SSSR count). The number of halogens is 1. The second kappa shape index (κ2) is 6.90. The average molecular weight is 346 g/mol. The lowest BCUT2D eigenvalue weighted by atomic mass is 9.95. The second-order valence-electron chi connectivity index (χ2n) is 5.57. The highest BCUT2D eigenvalue weighted by Gasteiger charge is 2.19. The van der Waals surface area contributed by atoms with Crippen molar-refractivity contribution in [3.05, 3.63) is 69.7 Å². The van der Waals surface area contributed by atoms with Gasteiger partial charge in [0.1, 0.15) is 0 Å². The van der Waals surface area contributed by atoms with Gasteiger partial charge in [0.25, 0.3) is 5.91 Å². The van der Waals surface area contributed by atoms with Gasteiger partial charge in [-0.25, -0.2) is 0 Å². The molecule has 0 saturated carbocycles. The van der Waals surface area contributed by atoms with E-state index in [-0.39, 0.29) is 11.9 Å². The predicted octanol–water partition coefficient (Wildman–Crippen LogP) is 4.88. The van der Waals surface area contributed by atoms with Crippen LogP contribution in [0.5, 0.6) is 0 Å². The second-order valence-corrected chi connectivity index (χ2v) is 6.42. The van der Waals surface area contributed by atoms with Crippen molar-refractivity contribution < 1.29 is 4.79 Å². The molecule has 1 N–H and O–H groups in total. The summed E-state index contributed by atoms with van der Waals surface area (Å²) in [7, 11) is 0. The van der Waals surface area contributed by atoms with E-state index in [1.807, 2.05) is 43.3 Å². The summed E-state index contributed by atoms with van der Waals surface area (Å²) in [5.41, 5.74) is 2.88. The quantitative estimate of drug-likeness (QED) is 0.840. The van der Waals surface area contributed by atoms with Crippen LogP contribution in [0.4, 0.5) is 0 Å². The van der Waals surface area contributed by atoms with E-state index in [2.05, 4.69) is 47.2 Å². The number of benzene rings is 2. The Bertz CT molecular complexity index is 622. The molecule has 0 aromatic heterocycles. The fourth-order valence-corrected chi connectivity index (χ4v) is 2.55. The molecule has 21 heavy (non-hydrogen) atoms. The van der Waals surface area contributed by atoms with Gasteiger partial charge in [0.05, 0.1) is 6.04 Å². The van der Waals surface area contributed by atoms with Gasteiger partial charge in [-0.05, 0) is 42.2 Å². The van der Waals surface area contributed by atoms with E-state index in [4.69, 9.17) is 0 Å². The van der Waals surface area contributed by atoms with Crippen molar-refractivity contribution in [2.24, 2.45) is 5.92 Å². The first-order chi connectivity index (χ1) is 9.99. The van der Waals surface area contributed by atoms with Crippen LogP contribution in [0.1, 0.15) is 41.4 Å². The van der Waals surface area contributed by atoms with Gasteiger partial charge in [-0.1, -0.05) is 60.1 Å². The Morgan fingerprint density at radius 2 is 1.76 bits per heavy atom. The van der Waals surface area contributed by atoms with E-state index in [9.17, 15) is 4.79 Å². The Balaban J connectivity index is 2.21. The third-order valence-electron chi connectivity index (χ3n) is 3.53. The normalized spacial score (nSPS) is 12.2. The van der Waals surface area contributed by atoms with Crippen molar-refractivity contribution in [3.63, 3.8) is 0 Å². The maximum atomic E-state index is 12.5. The van der Waals surface area contributed by atoms with E-state index in [0.717, 1.165) is 15.6 Å². The molecule has 0 heterocycles. The van der Waals surface area contributed by atoms with Gasteiger partial charge in [0.2, 0.25) is 0 Å². The molecule has 2 nitrogen and oxygen atoms in total. The fourth-order valence-electron chi connectivity index (χ4n) is 2.31. The molecule has 110 valence electrons. The van der Waals surface area contributed by atoms with Crippen molar-refractivity contribution in [1.82, 2.24) is 5.32 Å². The number of carbonyl (C=O) groups excluding carboxylic acids is 1. The van der Waals surface area contributed by atoms with Gasteiger partial charge < -0.3 is 5.32 Å². The van der Waals surface area contributed by atoms with Crippen molar-refractivity contribution in [2.45, 2.75) is 26.8 Å². The summed E-state index contributed by atoms with van der Waals surface area (Å²) in [5, 5.41) is 3.14. The zero-order valence-corrected chi connectivity index (χ0v) is 14.1. The molecule has 2 aromatic carbocycles. The van der Waals surface area contributed by atoms with Gasteiger partial charge in [0, 0.05) is 10.0 Å². The molecule has 0 fully saturated rings. The van der Waals surface area contributed by atoms with Crippen LogP contribution in [0.2, 0.25) is 0 Å². The van der Waals surface area contributed by atoms with Crippen LogP contribution < -0.4 is 5.32 Å². The highest BCUT2D eigenvalue weighted by Crippen LogP contribution is 2.23. The van der Waals surface area contributed by atoms with Crippen LogP contribution in [-0.2, 0) is 0 Å². The number of aryl methyl sites for hydroxylation is 1. The Labute approximate surface area is 134 Å². The van der Waals surface area contributed by atoms with Crippen LogP contribution >= 0.6 is 15.9 Å². The number of amides is 1. The van der Waals surface area contributed by atoms with Crippen molar-refractivity contribution in [1.29, 1.82) is 0 Å². The van der Waals surface area contributed by atoms with Gasteiger partial charge >= 0.3 is 0 Å². The molecule has 0 bridgehead atoms. The number of hydrogen-bond donors (Lipinski definition) is 1. The highest BCUT2D eigenvalue weighted by atomic mass is 79.9. The first kappa shape index (κ1) is 15.8. The SMILES string of the molecule is Cc1cc(C(=O)NC(c2ccccc2)C(C)C)ccc1Br. The molecule has 1 unspecified atom stereocenters. The molecule has 0 saturated heterocycles. The smallest absolute Gasteiger partial charge is 0.251 e. The lowest BCUT2D eigenvalue weighted by Crippen LogP contribution is -2.31. The summed E-state index contributed by atoms with van der Waals surface area (Å²) in [6.07, 6.45) is 0. The molecule has 0 aliphatic heterocycles. The summed E-state index contributed by atoms with van der Waals surface area (Å²) in [5.74, 6) is 0.293. The van der Waals surface area contributed by atoms with E-state index in [0.29, 0.717) is 11.5 Å². The van der Waals surface area contributed by atoms with E-state index < -0.39 is 0 Å². The molecule has 3 heteroatoms. The van der Waals surface area contributed by atoms with Crippen LogP contribution in [0.3, 0.4) is 0 Å². The molecule has 2 aromatic rings. The number of hydrogen-bond acceptors (Lipinski definition) is 1. The van der Waals surface area contributed by atoms with Crippen molar-refractivity contribution >= 4 is 21.8 Å². The Kier molecular flexibility index (Phi) is 5.18. The molecule has 1 atom stereocenters. The minimum absolute atomic E-state index is 0.0163. The molecule has 0 aliphatic rings. The number of rotatable bonds is 4. The van der Waals surface area contributed by atoms with E-state index in [1.54, 1.807) is 0 Å². The fraction of sp³-hybridized carbons (Fsp3) is 0.278. The minimum Gasteiger partial charge on any atom is -0.345 e. The number of carbonyl (C=O) groups is 1. The maximum Gasteiger partial charge on any atom is 0.251 e. The lowest BCUT2D eigenvalue weighted by molar-refractivity contribution is 0.0925. The molecule has 0 spiro atoms. The maximum absolute atomic E-state index is 12.5. The summed E-state index contributed by atoms with van der Waals surface area (Å²) >= 11 is 3.46. The van der Waals surface area contributed by atoms with Gasteiger partial charge in [0.15, 0.2) is 0 Å². The zero-order valence-electron chi connectivity index (χ0n) is 12.6. The largest absolute Gasteiger partial charge is 0.345 e. The van der Waals surface area contributed by atoms with Gasteiger partial charge in [-0.3, -0.25) is 4.79 Å². The highest BCUT2D eigenvalue weighted by molar-refractivity contribution is 9.10. The first-order valence-corrected chi connectivity index (χ1v) is 7.90. The molecule has 0 radical (unpaired) electrons. The Hall–Kier alpha value is -1.61. The first-order valence-electron chi connectivity index (χ1n) is 7.11. The van der Waals surface area contributed by atoms with Crippen molar-refractivity contribution in [3.8, 4) is 0 Å². The number of nitrogens with one attached hydrogen (secondary N) is 1. The third-order valence-corrected chi connectivity index (χ3v) is 4.42. The van der Waals surface area contributed by atoms with Gasteiger partial charge in [-0.2, -0.15) is 0 Å². The molecular weight excluding hydrogens is 326 g/mol. The molecule has 0 aliphatic carbocycles. The summed E-state index contributed by atoms with van der Waals surface area (Å²) < 4.78 is 1.02. The Morgan fingerprint density at radius 1 is 1.10 bits per heavy atom. The van der Waals surface area contributed by atoms with E-state index >= 15 is 0 Å². The topological polar surface area (TPSA) is 29.1 Å². The Morgan fingerprint density at radius 3 is 2.33 bits per heavy atom. The predicted molar refractivity (Wildman–Crippen MR) is 90.4 cm³/mol. The monoisotopic (exact) mass is 345 g/mol. The van der Waals surface area contributed by atoms with Crippen LogP contribution in [-0.4, -0.2) is 5.91 Å². The van der Waals surface area contributed by atoms with Crippen molar-refractivity contribution in [2.75, 3.05) is 0 Å². The minimum atomic E-state index is -0.0341. The molecule has 1 amide bonds. The van der Waals surface area contributed by atoms with Crippen LogP contribution in [0, 0.1) is 12.8 Å². The van der Waals surface area contributed by atoms with Crippen LogP contribution in [0.25, 0.3) is 0 Å². The van der Waals surface area contributed by atoms with Crippen LogP contribution in [0.15, 0.2) is 53.0 Å².